The summed E-state index contributed by atoms with van der Waals surface area (Å²) in [6, 6.07) is 6.48. The Bertz CT molecular complexity index is 685. The van der Waals surface area contributed by atoms with Gasteiger partial charge in [-0.05, 0) is 36.3 Å². The van der Waals surface area contributed by atoms with Crippen molar-refractivity contribution in [3.63, 3.8) is 0 Å². The highest BCUT2D eigenvalue weighted by Gasteiger charge is 2.06. The van der Waals surface area contributed by atoms with Gasteiger partial charge < -0.3 is 4.57 Å². The van der Waals surface area contributed by atoms with Crippen LogP contribution in [0.5, 0.6) is 0 Å². The standard InChI is InChI=1S/C10H12N4O2S2/c11-18(15,16)9-3-1-8(2-4-9)5-6-14-7-12-13-10(14)17/h1-4,7H,5-6H2,(H,13,17)(H2,11,15,16). The zero-order valence-electron chi connectivity index (χ0n) is 9.41. The Labute approximate surface area is 110 Å². The zero-order chi connectivity index (χ0) is 13.2. The number of nitrogens with zero attached hydrogens (tertiary/aromatic N) is 2. The van der Waals surface area contributed by atoms with E-state index in [0.29, 0.717) is 11.3 Å². The SMILES string of the molecule is NS(=O)(=O)c1ccc(CCn2cn[nH]c2=S)cc1. The molecule has 0 aliphatic rings. The molecule has 96 valence electrons. The second-order valence-corrected chi connectivity index (χ2v) is 5.74. The van der Waals surface area contributed by atoms with E-state index < -0.39 is 10.0 Å². The smallest absolute Gasteiger partial charge is 0.238 e. The van der Waals surface area contributed by atoms with Crippen LogP contribution in [0.25, 0.3) is 0 Å². The molecule has 0 amide bonds. The molecule has 0 atom stereocenters. The maximum atomic E-state index is 11.1. The third-order valence-electron chi connectivity index (χ3n) is 2.51. The number of rotatable bonds is 4. The van der Waals surface area contributed by atoms with Gasteiger partial charge in [-0.1, -0.05) is 12.1 Å². The van der Waals surface area contributed by atoms with Gasteiger partial charge in [-0.25, -0.2) is 13.6 Å². The minimum Gasteiger partial charge on any atom is -0.306 e. The van der Waals surface area contributed by atoms with Crippen LogP contribution in [0.15, 0.2) is 35.5 Å². The lowest BCUT2D eigenvalue weighted by Gasteiger charge is -2.03. The number of hydrogen-bond acceptors (Lipinski definition) is 4. The van der Waals surface area contributed by atoms with E-state index in [1.54, 1.807) is 18.5 Å². The summed E-state index contributed by atoms with van der Waals surface area (Å²) in [4.78, 5) is 0.117. The molecule has 0 saturated carbocycles. The lowest BCUT2D eigenvalue weighted by molar-refractivity contribution is 0.597. The molecule has 1 heterocycles. The van der Waals surface area contributed by atoms with Crippen molar-refractivity contribution in [2.45, 2.75) is 17.9 Å². The Kier molecular flexibility index (Phi) is 3.60. The summed E-state index contributed by atoms with van der Waals surface area (Å²) in [5.74, 6) is 0. The summed E-state index contributed by atoms with van der Waals surface area (Å²) in [6.07, 6.45) is 2.36. The molecule has 3 N–H and O–H groups in total. The quantitative estimate of drug-likeness (QED) is 0.813. The monoisotopic (exact) mass is 284 g/mol. The number of sulfonamides is 1. The molecule has 0 bridgehead atoms. The van der Waals surface area contributed by atoms with Gasteiger partial charge in [-0.3, -0.25) is 5.10 Å². The molecule has 0 spiro atoms. The van der Waals surface area contributed by atoms with E-state index in [1.807, 2.05) is 4.57 Å². The molecule has 0 fully saturated rings. The highest BCUT2D eigenvalue weighted by Crippen LogP contribution is 2.09. The topological polar surface area (TPSA) is 93.8 Å². The third kappa shape index (κ3) is 3.03. The Morgan fingerprint density at radius 3 is 2.50 bits per heavy atom. The van der Waals surface area contributed by atoms with Crippen LogP contribution in [0.2, 0.25) is 0 Å². The second-order valence-electron chi connectivity index (χ2n) is 3.79. The predicted octanol–water partition coefficient (Wildman–Crippen LogP) is 0.831. The maximum absolute atomic E-state index is 11.1. The number of primary sulfonamides is 1. The first-order valence-electron chi connectivity index (χ1n) is 5.18. The highest BCUT2D eigenvalue weighted by molar-refractivity contribution is 7.89. The molecule has 0 aliphatic heterocycles. The molecule has 6 nitrogen and oxygen atoms in total. The Morgan fingerprint density at radius 1 is 1.33 bits per heavy atom. The molecule has 2 rings (SSSR count). The Morgan fingerprint density at radius 2 is 2.00 bits per heavy atom. The zero-order valence-corrected chi connectivity index (χ0v) is 11.0. The predicted molar refractivity (Wildman–Crippen MR) is 68.9 cm³/mol. The molecule has 0 unspecified atom stereocenters. The average Bonchev–Trinajstić information content (AvgIpc) is 2.72. The highest BCUT2D eigenvalue weighted by atomic mass is 32.2. The van der Waals surface area contributed by atoms with Gasteiger partial charge in [0.25, 0.3) is 0 Å². The number of benzene rings is 1. The molecule has 0 aliphatic carbocycles. The molecule has 18 heavy (non-hydrogen) atoms. The second kappa shape index (κ2) is 5.01. The van der Waals surface area contributed by atoms with E-state index in [1.165, 1.54) is 12.1 Å². The van der Waals surface area contributed by atoms with Crippen LogP contribution in [-0.2, 0) is 23.0 Å². The molecular weight excluding hydrogens is 272 g/mol. The summed E-state index contributed by atoms with van der Waals surface area (Å²) in [7, 11) is -3.62. The van der Waals surface area contributed by atoms with Crippen molar-refractivity contribution in [2.75, 3.05) is 0 Å². The van der Waals surface area contributed by atoms with Gasteiger partial charge in [0.2, 0.25) is 10.0 Å². The lowest BCUT2D eigenvalue weighted by atomic mass is 10.1. The van der Waals surface area contributed by atoms with Crippen molar-refractivity contribution < 1.29 is 8.42 Å². The van der Waals surface area contributed by atoms with Gasteiger partial charge in [0.15, 0.2) is 4.77 Å². The summed E-state index contributed by atoms with van der Waals surface area (Å²) in [5.41, 5.74) is 1.01. The van der Waals surface area contributed by atoms with Gasteiger partial charge in [0, 0.05) is 6.54 Å². The molecule has 0 radical (unpaired) electrons. The van der Waals surface area contributed by atoms with Gasteiger partial charge in [0.05, 0.1) is 4.90 Å². The number of hydrogen-bond donors (Lipinski definition) is 2. The van der Waals surface area contributed by atoms with Gasteiger partial charge in [-0.15, -0.1) is 0 Å². The van der Waals surface area contributed by atoms with Crippen molar-refractivity contribution in [3.8, 4) is 0 Å². The Hall–Kier alpha value is -1.51. The lowest BCUT2D eigenvalue weighted by Crippen LogP contribution is -2.12. The van der Waals surface area contributed by atoms with E-state index in [4.69, 9.17) is 17.4 Å². The molecule has 0 saturated heterocycles. The maximum Gasteiger partial charge on any atom is 0.238 e. The minimum absolute atomic E-state index is 0.117. The van der Waals surface area contributed by atoms with E-state index >= 15 is 0 Å². The first kappa shape index (κ1) is 12.9. The molecular formula is C10H12N4O2S2. The number of aromatic nitrogens is 3. The van der Waals surface area contributed by atoms with Crippen LogP contribution < -0.4 is 5.14 Å². The molecule has 1 aromatic heterocycles. The van der Waals surface area contributed by atoms with Crippen LogP contribution in [0.4, 0.5) is 0 Å². The van der Waals surface area contributed by atoms with Crippen LogP contribution >= 0.6 is 12.2 Å². The first-order valence-corrected chi connectivity index (χ1v) is 7.14. The number of aromatic amines is 1. The fraction of sp³-hybridized carbons (Fsp3) is 0.200. The van der Waals surface area contributed by atoms with Crippen molar-refractivity contribution in [2.24, 2.45) is 5.14 Å². The molecule has 2 aromatic rings. The largest absolute Gasteiger partial charge is 0.306 e. The van der Waals surface area contributed by atoms with E-state index in [2.05, 4.69) is 10.2 Å². The molecule has 8 heteroatoms. The van der Waals surface area contributed by atoms with Crippen molar-refractivity contribution in [1.29, 1.82) is 0 Å². The first-order chi connectivity index (χ1) is 8.47. The van der Waals surface area contributed by atoms with Crippen molar-refractivity contribution >= 4 is 22.2 Å². The minimum atomic E-state index is -3.62. The van der Waals surface area contributed by atoms with Crippen LogP contribution in [0.3, 0.4) is 0 Å². The molecule has 1 aromatic carbocycles. The van der Waals surface area contributed by atoms with E-state index in [9.17, 15) is 8.42 Å². The number of H-pyrrole nitrogens is 1. The number of aryl methyl sites for hydroxylation is 2. The van der Waals surface area contributed by atoms with Crippen LogP contribution in [-0.4, -0.2) is 23.2 Å². The van der Waals surface area contributed by atoms with E-state index in [0.717, 1.165) is 12.0 Å². The van der Waals surface area contributed by atoms with Gasteiger partial charge in [-0.2, -0.15) is 5.10 Å². The average molecular weight is 284 g/mol. The summed E-state index contributed by atoms with van der Waals surface area (Å²) in [5, 5.41) is 11.5. The summed E-state index contributed by atoms with van der Waals surface area (Å²) >= 11 is 5.02. The van der Waals surface area contributed by atoms with Crippen molar-refractivity contribution in [1.82, 2.24) is 14.8 Å². The summed E-state index contributed by atoms with van der Waals surface area (Å²) < 4.78 is 24.5. The fourth-order valence-electron chi connectivity index (χ4n) is 1.53. The Balaban J connectivity index is 2.08. The van der Waals surface area contributed by atoms with Gasteiger partial charge in [0.1, 0.15) is 6.33 Å². The third-order valence-corrected chi connectivity index (χ3v) is 3.77. The van der Waals surface area contributed by atoms with Gasteiger partial charge >= 0.3 is 0 Å². The van der Waals surface area contributed by atoms with Crippen LogP contribution in [0, 0.1) is 4.77 Å². The van der Waals surface area contributed by atoms with Crippen LogP contribution in [0.1, 0.15) is 5.56 Å². The summed E-state index contributed by atoms with van der Waals surface area (Å²) in [6.45, 7) is 0.685. The number of nitrogens with two attached hydrogens (primary N) is 1. The number of nitrogens with one attached hydrogen (secondary N) is 1. The normalized spacial score (nSPS) is 11.6. The van der Waals surface area contributed by atoms with Crippen molar-refractivity contribution in [3.05, 3.63) is 40.9 Å². The van der Waals surface area contributed by atoms with E-state index in [-0.39, 0.29) is 4.90 Å². The fourth-order valence-corrected chi connectivity index (χ4v) is 2.23.